The summed E-state index contributed by atoms with van der Waals surface area (Å²) in [5.74, 6) is 0.406. The highest BCUT2D eigenvalue weighted by molar-refractivity contribution is 5.31. The lowest BCUT2D eigenvalue weighted by Gasteiger charge is -2.20. The number of nitrogens with two attached hydrogens (primary N) is 1. The molecule has 0 aliphatic carbocycles. The second kappa shape index (κ2) is 5.44. The zero-order chi connectivity index (χ0) is 12.2. The number of alkyl halides is 1. The quantitative estimate of drug-likeness (QED) is 0.813. The van der Waals surface area contributed by atoms with E-state index >= 15 is 0 Å². The Balaban J connectivity index is 2.91. The van der Waals surface area contributed by atoms with Gasteiger partial charge in [-0.2, -0.15) is 0 Å². The first-order chi connectivity index (χ1) is 7.44. The number of hydrogen-bond donors (Lipinski definition) is 1. The molecule has 16 heavy (non-hydrogen) atoms. The van der Waals surface area contributed by atoms with Crippen molar-refractivity contribution in [3.8, 4) is 0 Å². The monoisotopic (exact) mass is 223 g/mol. The number of halogens is 1. The Bertz CT molecular complexity index is 328. The molecule has 0 aliphatic rings. The fourth-order valence-corrected chi connectivity index (χ4v) is 2.03. The van der Waals surface area contributed by atoms with Crippen molar-refractivity contribution in [1.29, 1.82) is 0 Å². The van der Waals surface area contributed by atoms with Gasteiger partial charge in [-0.15, -0.1) is 0 Å². The van der Waals surface area contributed by atoms with Crippen LogP contribution in [-0.2, 0) is 6.42 Å². The molecule has 1 aromatic carbocycles. The van der Waals surface area contributed by atoms with E-state index < -0.39 is 5.67 Å². The van der Waals surface area contributed by atoms with Crippen LogP contribution in [0.1, 0.15) is 44.2 Å². The van der Waals surface area contributed by atoms with E-state index in [1.807, 2.05) is 18.2 Å². The second-order valence-corrected chi connectivity index (χ2v) is 5.07. The summed E-state index contributed by atoms with van der Waals surface area (Å²) in [7, 11) is 0. The fourth-order valence-electron chi connectivity index (χ4n) is 2.03. The highest BCUT2D eigenvalue weighted by Gasteiger charge is 2.19. The fraction of sp³-hybridized carbons (Fsp3) is 0.571. The topological polar surface area (TPSA) is 26.0 Å². The summed E-state index contributed by atoms with van der Waals surface area (Å²) in [6, 6.07) is 8.09. The molecule has 0 spiro atoms. The van der Waals surface area contributed by atoms with Crippen molar-refractivity contribution in [3.63, 3.8) is 0 Å². The third kappa shape index (κ3) is 3.93. The molecule has 1 unspecified atom stereocenters. The van der Waals surface area contributed by atoms with E-state index in [1.54, 1.807) is 13.8 Å². The van der Waals surface area contributed by atoms with E-state index in [4.69, 9.17) is 5.73 Å². The molecule has 1 atom stereocenters. The predicted molar refractivity (Wildman–Crippen MR) is 67.4 cm³/mol. The van der Waals surface area contributed by atoms with E-state index in [9.17, 15) is 4.39 Å². The normalized spacial score (nSPS) is 13.8. The van der Waals surface area contributed by atoms with Gasteiger partial charge >= 0.3 is 0 Å². The van der Waals surface area contributed by atoms with E-state index in [1.165, 1.54) is 5.56 Å². The van der Waals surface area contributed by atoms with Crippen LogP contribution in [0, 0.1) is 0 Å². The highest BCUT2D eigenvalue weighted by Crippen LogP contribution is 2.26. The SMILES string of the molecule is CC(CCN)c1ccccc1CC(C)(C)F. The summed E-state index contributed by atoms with van der Waals surface area (Å²) in [5, 5.41) is 0. The van der Waals surface area contributed by atoms with E-state index in [0.29, 0.717) is 18.9 Å². The Hall–Kier alpha value is -0.890. The maximum absolute atomic E-state index is 13.7. The van der Waals surface area contributed by atoms with Crippen LogP contribution in [0.3, 0.4) is 0 Å². The van der Waals surface area contributed by atoms with Crippen molar-refractivity contribution in [1.82, 2.24) is 0 Å². The van der Waals surface area contributed by atoms with Gasteiger partial charge in [-0.1, -0.05) is 31.2 Å². The van der Waals surface area contributed by atoms with Crippen LogP contribution in [0.25, 0.3) is 0 Å². The Morgan fingerprint density at radius 3 is 2.50 bits per heavy atom. The maximum Gasteiger partial charge on any atom is 0.109 e. The summed E-state index contributed by atoms with van der Waals surface area (Å²) in [4.78, 5) is 0. The van der Waals surface area contributed by atoms with Crippen LogP contribution in [0.5, 0.6) is 0 Å². The minimum atomic E-state index is -1.15. The van der Waals surface area contributed by atoms with Gasteiger partial charge in [0.15, 0.2) is 0 Å². The van der Waals surface area contributed by atoms with Gasteiger partial charge in [0.2, 0.25) is 0 Å². The van der Waals surface area contributed by atoms with Gasteiger partial charge in [-0.05, 0) is 43.9 Å². The van der Waals surface area contributed by atoms with E-state index in [2.05, 4.69) is 13.0 Å². The molecule has 2 N–H and O–H groups in total. The molecule has 0 bridgehead atoms. The van der Waals surface area contributed by atoms with Crippen molar-refractivity contribution >= 4 is 0 Å². The molecule has 0 saturated heterocycles. The molecule has 2 heteroatoms. The zero-order valence-corrected chi connectivity index (χ0v) is 10.5. The molecule has 0 fully saturated rings. The predicted octanol–water partition coefficient (Wildman–Crippen LogP) is 3.43. The minimum absolute atomic E-state index is 0.406. The smallest absolute Gasteiger partial charge is 0.109 e. The van der Waals surface area contributed by atoms with Gasteiger partial charge in [-0.3, -0.25) is 0 Å². The molecule has 0 saturated carbocycles. The number of rotatable bonds is 5. The lowest BCUT2D eigenvalue weighted by atomic mass is 9.88. The first-order valence-electron chi connectivity index (χ1n) is 5.91. The molecule has 0 amide bonds. The first kappa shape index (κ1) is 13.2. The van der Waals surface area contributed by atoms with Crippen molar-refractivity contribution in [2.24, 2.45) is 5.73 Å². The Morgan fingerprint density at radius 1 is 1.31 bits per heavy atom. The standard InChI is InChI=1S/C14H22FN/c1-11(8-9-16)13-7-5-4-6-12(13)10-14(2,3)15/h4-7,11H,8-10,16H2,1-3H3. The maximum atomic E-state index is 13.7. The van der Waals surface area contributed by atoms with Crippen molar-refractivity contribution in [2.75, 3.05) is 6.54 Å². The highest BCUT2D eigenvalue weighted by atomic mass is 19.1. The van der Waals surface area contributed by atoms with Crippen molar-refractivity contribution in [2.45, 2.75) is 45.2 Å². The summed E-state index contributed by atoms with van der Waals surface area (Å²) in [5.41, 5.74) is 6.76. The zero-order valence-electron chi connectivity index (χ0n) is 10.5. The summed E-state index contributed by atoms with van der Waals surface area (Å²) < 4.78 is 13.7. The van der Waals surface area contributed by atoms with Gasteiger partial charge in [-0.25, -0.2) is 4.39 Å². The third-order valence-electron chi connectivity index (χ3n) is 2.80. The molecule has 90 valence electrons. The lowest BCUT2D eigenvalue weighted by Crippen LogP contribution is -2.17. The first-order valence-corrected chi connectivity index (χ1v) is 5.91. The number of hydrogen-bond acceptors (Lipinski definition) is 1. The third-order valence-corrected chi connectivity index (χ3v) is 2.80. The Kier molecular flexibility index (Phi) is 4.48. The molecule has 0 heterocycles. The molecule has 1 nitrogen and oxygen atoms in total. The molecular weight excluding hydrogens is 201 g/mol. The van der Waals surface area contributed by atoms with Crippen molar-refractivity contribution < 1.29 is 4.39 Å². The summed E-state index contributed by atoms with van der Waals surface area (Å²) in [6.07, 6.45) is 1.42. The number of benzene rings is 1. The molecule has 0 aromatic heterocycles. The molecule has 0 radical (unpaired) electrons. The van der Waals surface area contributed by atoms with Crippen LogP contribution in [-0.4, -0.2) is 12.2 Å². The van der Waals surface area contributed by atoms with E-state index in [-0.39, 0.29) is 0 Å². The summed E-state index contributed by atoms with van der Waals surface area (Å²) in [6.45, 7) is 6.07. The summed E-state index contributed by atoms with van der Waals surface area (Å²) >= 11 is 0. The molecular formula is C14H22FN. The van der Waals surface area contributed by atoms with Gasteiger partial charge in [0.05, 0.1) is 0 Å². The molecule has 0 aliphatic heterocycles. The van der Waals surface area contributed by atoms with Crippen LogP contribution in [0.2, 0.25) is 0 Å². The molecule has 1 rings (SSSR count). The van der Waals surface area contributed by atoms with Gasteiger partial charge < -0.3 is 5.73 Å². The average Bonchev–Trinajstić information content (AvgIpc) is 2.16. The van der Waals surface area contributed by atoms with Crippen LogP contribution >= 0.6 is 0 Å². The van der Waals surface area contributed by atoms with Gasteiger partial charge in [0.1, 0.15) is 5.67 Å². The van der Waals surface area contributed by atoms with E-state index in [0.717, 1.165) is 12.0 Å². The minimum Gasteiger partial charge on any atom is -0.330 e. The van der Waals surface area contributed by atoms with Crippen molar-refractivity contribution in [3.05, 3.63) is 35.4 Å². The average molecular weight is 223 g/mol. The van der Waals surface area contributed by atoms with Crippen LogP contribution < -0.4 is 5.73 Å². The van der Waals surface area contributed by atoms with Gasteiger partial charge in [0.25, 0.3) is 0 Å². The van der Waals surface area contributed by atoms with Gasteiger partial charge in [0, 0.05) is 6.42 Å². The largest absolute Gasteiger partial charge is 0.330 e. The molecule has 1 aromatic rings. The van der Waals surface area contributed by atoms with Crippen LogP contribution in [0.15, 0.2) is 24.3 Å². The Morgan fingerprint density at radius 2 is 1.94 bits per heavy atom. The lowest BCUT2D eigenvalue weighted by molar-refractivity contribution is 0.216. The van der Waals surface area contributed by atoms with Crippen LogP contribution in [0.4, 0.5) is 4.39 Å². The second-order valence-electron chi connectivity index (χ2n) is 5.07. The Labute approximate surface area is 97.9 Å².